The minimum Gasteiger partial charge on any atom is -0.380 e. The summed E-state index contributed by atoms with van der Waals surface area (Å²) in [6.45, 7) is 3.43. The molecule has 1 atom stereocenters. The van der Waals surface area contributed by atoms with Crippen molar-refractivity contribution in [1.82, 2.24) is 5.32 Å². The van der Waals surface area contributed by atoms with Crippen molar-refractivity contribution in [1.29, 1.82) is 0 Å². The van der Waals surface area contributed by atoms with Crippen LogP contribution in [0.25, 0.3) is 0 Å². The molecule has 0 aliphatic heterocycles. The summed E-state index contributed by atoms with van der Waals surface area (Å²) >= 11 is 0. The highest BCUT2D eigenvalue weighted by molar-refractivity contribution is 4.86. The van der Waals surface area contributed by atoms with Crippen LogP contribution in [0.5, 0.6) is 0 Å². The van der Waals surface area contributed by atoms with Gasteiger partial charge in [0.05, 0.1) is 12.6 Å². The predicted molar refractivity (Wildman–Crippen MR) is 38.2 cm³/mol. The summed E-state index contributed by atoms with van der Waals surface area (Å²) in [7, 11) is 1.68. The molecule has 0 aromatic heterocycles. The van der Waals surface area contributed by atoms with Gasteiger partial charge < -0.3 is 10.1 Å². The Bertz CT molecular complexity index is 95.6. The summed E-state index contributed by atoms with van der Waals surface area (Å²) in [5, 5.41) is 3.02. The lowest BCUT2D eigenvalue weighted by Crippen LogP contribution is -2.25. The van der Waals surface area contributed by atoms with Gasteiger partial charge in [-0.3, -0.25) is 0 Å². The van der Waals surface area contributed by atoms with Crippen LogP contribution in [0.3, 0.4) is 0 Å². The van der Waals surface area contributed by atoms with Gasteiger partial charge in [0.2, 0.25) is 0 Å². The van der Waals surface area contributed by atoms with Gasteiger partial charge in [0.15, 0.2) is 0 Å². The topological polar surface area (TPSA) is 21.3 Å². The van der Waals surface area contributed by atoms with E-state index in [9.17, 15) is 0 Å². The number of ether oxygens (including phenoxy) is 1. The summed E-state index contributed by atoms with van der Waals surface area (Å²) in [5.41, 5.74) is 0. The van der Waals surface area contributed by atoms with Crippen molar-refractivity contribution in [2.24, 2.45) is 0 Å². The fourth-order valence-electron chi connectivity index (χ4n) is 0.431. The van der Waals surface area contributed by atoms with Gasteiger partial charge in [0.25, 0.3) is 0 Å². The molecule has 0 heterocycles. The van der Waals surface area contributed by atoms with Crippen LogP contribution >= 0.6 is 0 Å². The molecule has 2 heteroatoms. The molecule has 1 unspecified atom stereocenters. The smallest absolute Gasteiger partial charge is 0.0667 e. The number of terminal acetylenes is 1. The van der Waals surface area contributed by atoms with Gasteiger partial charge in [-0.05, 0) is 6.92 Å². The molecule has 0 radical (unpaired) electrons. The number of rotatable bonds is 4. The van der Waals surface area contributed by atoms with E-state index >= 15 is 0 Å². The van der Waals surface area contributed by atoms with Crippen LogP contribution in [0.4, 0.5) is 0 Å². The van der Waals surface area contributed by atoms with Crippen LogP contribution < -0.4 is 5.32 Å². The molecule has 0 spiro atoms. The van der Waals surface area contributed by atoms with E-state index in [0.717, 1.165) is 6.54 Å². The lowest BCUT2D eigenvalue weighted by molar-refractivity contribution is 0.118. The molecule has 0 aliphatic rings. The predicted octanol–water partition coefficient (Wildman–Crippen LogP) is 0.244. The Balaban J connectivity index is 2.99. The van der Waals surface area contributed by atoms with Crippen LogP contribution in [0.2, 0.25) is 0 Å². The summed E-state index contributed by atoms with van der Waals surface area (Å²) in [6, 6.07) is 0. The van der Waals surface area contributed by atoms with E-state index in [1.165, 1.54) is 0 Å². The Morgan fingerprint density at radius 3 is 2.89 bits per heavy atom. The Hall–Kier alpha value is -0.520. The summed E-state index contributed by atoms with van der Waals surface area (Å²) in [4.78, 5) is 0. The minimum atomic E-state index is 0.248. The Kier molecular flexibility index (Phi) is 5.29. The van der Waals surface area contributed by atoms with E-state index < -0.39 is 0 Å². The van der Waals surface area contributed by atoms with Crippen LogP contribution in [0, 0.1) is 12.3 Å². The summed E-state index contributed by atoms with van der Waals surface area (Å²) in [6.07, 6.45) is 5.25. The van der Waals surface area contributed by atoms with Gasteiger partial charge in [0.1, 0.15) is 0 Å². The monoisotopic (exact) mass is 127 g/mol. The molecule has 52 valence electrons. The fraction of sp³-hybridized carbons (Fsp3) is 0.714. The number of hydrogen-bond donors (Lipinski definition) is 1. The maximum atomic E-state index is 5.00. The maximum Gasteiger partial charge on any atom is 0.0667 e. The van der Waals surface area contributed by atoms with E-state index in [1.54, 1.807) is 7.11 Å². The SMILES string of the molecule is C#CCNCC(C)OC. The maximum absolute atomic E-state index is 5.00. The zero-order chi connectivity index (χ0) is 7.11. The third-order valence-corrected chi connectivity index (χ3v) is 1.06. The molecule has 0 fully saturated rings. The molecule has 0 saturated heterocycles. The second-order valence-electron chi connectivity index (χ2n) is 1.88. The Morgan fingerprint density at radius 1 is 1.78 bits per heavy atom. The standard InChI is InChI=1S/C7H13NO/c1-4-5-8-6-7(2)9-3/h1,7-8H,5-6H2,2-3H3. The molecular weight excluding hydrogens is 114 g/mol. The van der Waals surface area contributed by atoms with Crippen molar-refractivity contribution in [3.63, 3.8) is 0 Å². The van der Waals surface area contributed by atoms with Gasteiger partial charge in [-0.2, -0.15) is 0 Å². The highest BCUT2D eigenvalue weighted by atomic mass is 16.5. The van der Waals surface area contributed by atoms with Gasteiger partial charge >= 0.3 is 0 Å². The first-order chi connectivity index (χ1) is 4.31. The van der Waals surface area contributed by atoms with E-state index in [-0.39, 0.29) is 6.10 Å². The van der Waals surface area contributed by atoms with Crippen LogP contribution in [-0.2, 0) is 4.74 Å². The summed E-state index contributed by atoms with van der Waals surface area (Å²) < 4.78 is 4.97. The van der Waals surface area contributed by atoms with Crippen molar-refractivity contribution >= 4 is 0 Å². The number of methoxy groups -OCH3 is 1. The lowest BCUT2D eigenvalue weighted by Gasteiger charge is -2.07. The van der Waals surface area contributed by atoms with E-state index in [0.29, 0.717) is 6.54 Å². The fourth-order valence-corrected chi connectivity index (χ4v) is 0.431. The van der Waals surface area contributed by atoms with Crippen molar-refractivity contribution < 1.29 is 4.74 Å². The molecule has 0 aliphatic carbocycles. The average Bonchev–Trinajstić information content (AvgIpc) is 1.89. The Labute approximate surface area is 56.6 Å². The molecule has 2 nitrogen and oxygen atoms in total. The third kappa shape index (κ3) is 5.35. The first kappa shape index (κ1) is 8.48. The van der Waals surface area contributed by atoms with Crippen molar-refractivity contribution in [3.05, 3.63) is 0 Å². The molecule has 0 aromatic rings. The molecular formula is C7H13NO. The quantitative estimate of drug-likeness (QED) is 0.431. The zero-order valence-electron chi connectivity index (χ0n) is 5.98. The highest BCUT2D eigenvalue weighted by Gasteiger charge is 1.94. The van der Waals surface area contributed by atoms with E-state index in [1.807, 2.05) is 6.92 Å². The Morgan fingerprint density at radius 2 is 2.44 bits per heavy atom. The lowest BCUT2D eigenvalue weighted by atomic mass is 10.4. The van der Waals surface area contributed by atoms with Crippen LogP contribution in [0.15, 0.2) is 0 Å². The molecule has 0 aromatic carbocycles. The minimum absolute atomic E-state index is 0.248. The second kappa shape index (κ2) is 5.61. The first-order valence-corrected chi connectivity index (χ1v) is 2.98. The van der Waals surface area contributed by atoms with Crippen molar-refractivity contribution in [3.8, 4) is 12.3 Å². The van der Waals surface area contributed by atoms with Crippen LogP contribution in [0.1, 0.15) is 6.92 Å². The molecule has 1 N–H and O–H groups in total. The van der Waals surface area contributed by atoms with Crippen molar-refractivity contribution in [2.75, 3.05) is 20.2 Å². The zero-order valence-corrected chi connectivity index (χ0v) is 5.98. The second-order valence-corrected chi connectivity index (χ2v) is 1.88. The van der Waals surface area contributed by atoms with E-state index in [2.05, 4.69) is 11.2 Å². The molecule has 9 heavy (non-hydrogen) atoms. The van der Waals surface area contributed by atoms with Gasteiger partial charge in [-0.15, -0.1) is 6.42 Å². The third-order valence-electron chi connectivity index (χ3n) is 1.06. The average molecular weight is 127 g/mol. The number of nitrogens with one attached hydrogen (secondary N) is 1. The van der Waals surface area contributed by atoms with Crippen LogP contribution in [-0.4, -0.2) is 26.3 Å². The normalized spacial score (nSPS) is 12.6. The van der Waals surface area contributed by atoms with Gasteiger partial charge in [0, 0.05) is 13.7 Å². The first-order valence-electron chi connectivity index (χ1n) is 2.98. The molecule has 0 rings (SSSR count). The van der Waals surface area contributed by atoms with E-state index in [4.69, 9.17) is 11.2 Å². The number of hydrogen-bond acceptors (Lipinski definition) is 2. The van der Waals surface area contributed by atoms with Gasteiger partial charge in [-0.25, -0.2) is 0 Å². The highest BCUT2D eigenvalue weighted by Crippen LogP contribution is 1.81. The largest absolute Gasteiger partial charge is 0.380 e. The molecule has 0 saturated carbocycles. The van der Waals surface area contributed by atoms with Gasteiger partial charge in [-0.1, -0.05) is 5.92 Å². The molecule has 0 amide bonds. The summed E-state index contributed by atoms with van der Waals surface area (Å²) in [5.74, 6) is 2.48. The molecule has 0 bridgehead atoms. The van der Waals surface area contributed by atoms with Crippen molar-refractivity contribution in [2.45, 2.75) is 13.0 Å².